The van der Waals surface area contributed by atoms with Crippen LogP contribution in [-0.2, 0) is 17.1 Å². The van der Waals surface area contributed by atoms with Crippen molar-refractivity contribution in [1.29, 1.82) is 0 Å². The van der Waals surface area contributed by atoms with E-state index in [0.717, 1.165) is 28.8 Å². The molecule has 2 heterocycles. The average Bonchev–Trinajstić information content (AvgIpc) is 3.40. The number of aromatic nitrogens is 4. The fourth-order valence-electron chi connectivity index (χ4n) is 3.32. The van der Waals surface area contributed by atoms with Crippen LogP contribution in [-0.4, -0.2) is 25.7 Å². The lowest BCUT2D eigenvalue weighted by atomic mass is 10.1. The van der Waals surface area contributed by atoms with Crippen LogP contribution in [0.2, 0.25) is 0 Å². The highest BCUT2D eigenvalue weighted by molar-refractivity contribution is 7.98. The van der Waals surface area contributed by atoms with Crippen molar-refractivity contribution in [3.05, 3.63) is 71.0 Å². The molecule has 0 aliphatic heterocycles. The second kappa shape index (κ2) is 9.62. The van der Waals surface area contributed by atoms with Crippen LogP contribution < -0.4 is 4.90 Å². The summed E-state index contributed by atoms with van der Waals surface area (Å²) in [7, 11) is 0. The van der Waals surface area contributed by atoms with Gasteiger partial charge in [0.2, 0.25) is 5.91 Å². The molecule has 9 heteroatoms. The third-order valence-electron chi connectivity index (χ3n) is 4.80. The SMILES string of the molecule is CCn1c(SCc2csc(N(C(C)=O)c3ccccc3F)n2)nnc1-c1cccc(C)c1. The number of rotatable bonds is 7. The van der Waals surface area contributed by atoms with E-state index in [2.05, 4.69) is 45.7 Å². The molecule has 0 saturated heterocycles. The second-order valence-corrected chi connectivity index (χ2v) is 8.91. The van der Waals surface area contributed by atoms with Gasteiger partial charge in [0.1, 0.15) is 5.82 Å². The maximum Gasteiger partial charge on any atom is 0.230 e. The molecule has 4 aromatic rings. The average molecular weight is 468 g/mol. The van der Waals surface area contributed by atoms with Crippen LogP contribution in [0.4, 0.5) is 15.2 Å². The number of carbonyl (C=O) groups excluding carboxylic acids is 1. The number of aryl methyl sites for hydroxylation is 1. The van der Waals surface area contributed by atoms with E-state index < -0.39 is 5.82 Å². The molecule has 4 rings (SSSR count). The number of hydrogen-bond donors (Lipinski definition) is 0. The molecule has 0 fully saturated rings. The van der Waals surface area contributed by atoms with E-state index in [-0.39, 0.29) is 11.6 Å². The Morgan fingerprint density at radius 2 is 2.00 bits per heavy atom. The monoisotopic (exact) mass is 467 g/mol. The summed E-state index contributed by atoms with van der Waals surface area (Å²) < 4.78 is 16.4. The van der Waals surface area contributed by atoms with Crippen molar-refractivity contribution >= 4 is 39.8 Å². The van der Waals surface area contributed by atoms with E-state index >= 15 is 0 Å². The van der Waals surface area contributed by atoms with Crippen LogP contribution in [0.25, 0.3) is 11.4 Å². The third-order valence-corrected chi connectivity index (χ3v) is 6.67. The van der Waals surface area contributed by atoms with Crippen molar-refractivity contribution in [2.75, 3.05) is 4.90 Å². The minimum Gasteiger partial charge on any atom is -0.302 e. The number of hydrogen-bond acceptors (Lipinski definition) is 6. The molecule has 0 spiro atoms. The topological polar surface area (TPSA) is 63.9 Å². The summed E-state index contributed by atoms with van der Waals surface area (Å²) in [6, 6.07) is 14.4. The van der Waals surface area contributed by atoms with Gasteiger partial charge in [-0.15, -0.1) is 21.5 Å². The molecule has 0 unspecified atom stereocenters. The lowest BCUT2D eigenvalue weighted by Crippen LogP contribution is -2.23. The van der Waals surface area contributed by atoms with Crippen molar-refractivity contribution in [2.45, 2.75) is 38.2 Å². The Morgan fingerprint density at radius 3 is 2.72 bits per heavy atom. The number of anilines is 2. The summed E-state index contributed by atoms with van der Waals surface area (Å²) in [5, 5.41) is 11.9. The van der Waals surface area contributed by atoms with E-state index in [1.165, 1.54) is 46.6 Å². The van der Waals surface area contributed by atoms with Crippen LogP contribution >= 0.6 is 23.1 Å². The van der Waals surface area contributed by atoms with E-state index in [0.29, 0.717) is 10.9 Å². The molecule has 1 amide bonds. The highest BCUT2D eigenvalue weighted by Gasteiger charge is 2.21. The van der Waals surface area contributed by atoms with Crippen molar-refractivity contribution in [1.82, 2.24) is 19.7 Å². The minimum atomic E-state index is -0.464. The first-order chi connectivity index (χ1) is 15.5. The van der Waals surface area contributed by atoms with E-state index in [9.17, 15) is 9.18 Å². The van der Waals surface area contributed by atoms with Gasteiger partial charge >= 0.3 is 0 Å². The first-order valence-electron chi connectivity index (χ1n) is 10.1. The van der Waals surface area contributed by atoms with Crippen LogP contribution in [0.3, 0.4) is 0 Å². The number of para-hydroxylation sites is 1. The van der Waals surface area contributed by atoms with E-state index in [1.54, 1.807) is 18.2 Å². The van der Waals surface area contributed by atoms with Crippen molar-refractivity contribution in [3.8, 4) is 11.4 Å². The number of benzene rings is 2. The molecule has 0 N–H and O–H groups in total. The zero-order valence-corrected chi connectivity index (χ0v) is 19.6. The molecule has 2 aromatic carbocycles. The van der Waals surface area contributed by atoms with Gasteiger partial charge in [-0.25, -0.2) is 9.37 Å². The lowest BCUT2D eigenvalue weighted by Gasteiger charge is -2.18. The summed E-state index contributed by atoms with van der Waals surface area (Å²) in [6.07, 6.45) is 0. The van der Waals surface area contributed by atoms with Crippen molar-refractivity contribution in [3.63, 3.8) is 0 Å². The zero-order chi connectivity index (χ0) is 22.7. The molecule has 0 radical (unpaired) electrons. The number of amides is 1. The Bertz CT molecular complexity index is 1250. The van der Waals surface area contributed by atoms with Crippen molar-refractivity contribution < 1.29 is 9.18 Å². The molecule has 6 nitrogen and oxygen atoms in total. The van der Waals surface area contributed by atoms with Gasteiger partial charge in [0, 0.05) is 30.2 Å². The van der Waals surface area contributed by atoms with Gasteiger partial charge in [-0.2, -0.15) is 0 Å². The zero-order valence-electron chi connectivity index (χ0n) is 17.9. The Labute approximate surface area is 194 Å². The largest absolute Gasteiger partial charge is 0.302 e. The Morgan fingerprint density at radius 1 is 1.19 bits per heavy atom. The molecule has 0 aliphatic rings. The summed E-state index contributed by atoms with van der Waals surface area (Å²) in [4.78, 5) is 18.1. The van der Waals surface area contributed by atoms with Crippen LogP contribution in [0, 0.1) is 12.7 Å². The molecule has 0 aliphatic carbocycles. The number of halogens is 1. The third kappa shape index (κ3) is 4.58. The van der Waals surface area contributed by atoms with Crippen LogP contribution in [0.15, 0.2) is 59.1 Å². The smallest absolute Gasteiger partial charge is 0.230 e. The van der Waals surface area contributed by atoms with E-state index in [4.69, 9.17) is 0 Å². The molecule has 0 saturated carbocycles. The van der Waals surface area contributed by atoms with Gasteiger partial charge < -0.3 is 4.57 Å². The number of carbonyl (C=O) groups is 1. The molecule has 32 heavy (non-hydrogen) atoms. The summed E-state index contributed by atoms with van der Waals surface area (Å²) >= 11 is 2.84. The highest BCUT2D eigenvalue weighted by atomic mass is 32.2. The van der Waals surface area contributed by atoms with Crippen LogP contribution in [0.5, 0.6) is 0 Å². The lowest BCUT2D eigenvalue weighted by molar-refractivity contribution is -0.115. The predicted molar refractivity (Wildman–Crippen MR) is 127 cm³/mol. The summed E-state index contributed by atoms with van der Waals surface area (Å²) in [5.74, 6) is 0.636. The van der Waals surface area contributed by atoms with Crippen LogP contribution in [0.1, 0.15) is 25.1 Å². The predicted octanol–water partition coefficient (Wildman–Crippen LogP) is 5.85. The molecular formula is C23H22FN5OS2. The Hall–Kier alpha value is -3.04. The van der Waals surface area contributed by atoms with Gasteiger partial charge in [0.25, 0.3) is 0 Å². The molecule has 0 bridgehead atoms. The first-order valence-corrected chi connectivity index (χ1v) is 12.0. The van der Waals surface area contributed by atoms with Gasteiger partial charge in [-0.3, -0.25) is 9.69 Å². The summed E-state index contributed by atoms with van der Waals surface area (Å²) in [6.45, 7) is 6.26. The Balaban J connectivity index is 1.54. The number of thioether (sulfide) groups is 1. The second-order valence-electron chi connectivity index (χ2n) is 7.14. The maximum absolute atomic E-state index is 14.3. The van der Waals surface area contributed by atoms with Gasteiger partial charge in [-0.1, -0.05) is 47.7 Å². The number of nitrogens with zero attached hydrogens (tertiary/aromatic N) is 5. The van der Waals surface area contributed by atoms with Gasteiger partial charge in [0.05, 0.1) is 11.4 Å². The fourth-order valence-corrected chi connectivity index (χ4v) is 5.20. The first kappa shape index (κ1) is 22.2. The van der Waals surface area contributed by atoms with Crippen molar-refractivity contribution in [2.24, 2.45) is 0 Å². The quantitative estimate of drug-likeness (QED) is 0.319. The normalized spacial score (nSPS) is 11.0. The van der Waals surface area contributed by atoms with E-state index in [1.807, 2.05) is 17.5 Å². The number of thiazole rings is 1. The molecule has 0 atom stereocenters. The fraction of sp³-hybridized carbons (Fsp3) is 0.217. The summed E-state index contributed by atoms with van der Waals surface area (Å²) in [5.41, 5.74) is 3.19. The molecular weight excluding hydrogens is 445 g/mol. The molecule has 2 aromatic heterocycles. The highest BCUT2D eigenvalue weighted by Crippen LogP contribution is 2.33. The minimum absolute atomic E-state index is 0.196. The standard InChI is InChI=1S/C23H22FN5OS2/c1-4-28-21(17-9-7-8-15(2)12-17)26-27-23(28)32-14-18-13-31-22(25-18)29(16(3)30)20-11-6-5-10-19(20)24/h5-13H,4,14H2,1-3H3. The maximum atomic E-state index is 14.3. The molecule has 164 valence electrons. The Kier molecular flexibility index (Phi) is 6.66. The van der Waals surface area contributed by atoms with Gasteiger partial charge in [0.15, 0.2) is 16.1 Å². The van der Waals surface area contributed by atoms with Gasteiger partial charge in [-0.05, 0) is 32.0 Å².